The third kappa shape index (κ3) is 3.78. The van der Waals surface area contributed by atoms with Crippen molar-refractivity contribution in [2.24, 2.45) is 0 Å². The highest BCUT2D eigenvalue weighted by Gasteiger charge is 2.36. The molecule has 0 spiro atoms. The third-order valence-corrected chi connectivity index (χ3v) is 5.50. The van der Waals surface area contributed by atoms with Crippen molar-refractivity contribution in [2.75, 3.05) is 37.9 Å². The molecular formula is C19H22N4O5S. The van der Waals surface area contributed by atoms with Crippen LogP contribution in [0.4, 0.5) is 5.95 Å². The number of aromatic nitrogens is 3. The van der Waals surface area contributed by atoms with Crippen molar-refractivity contribution in [1.82, 2.24) is 14.8 Å². The maximum absolute atomic E-state index is 10.2. The topological polar surface area (TPSA) is 104 Å². The van der Waals surface area contributed by atoms with Gasteiger partial charge >= 0.3 is 0 Å². The number of nitrogens with one attached hydrogen (secondary N) is 1. The van der Waals surface area contributed by atoms with E-state index >= 15 is 0 Å². The summed E-state index contributed by atoms with van der Waals surface area (Å²) in [5, 5.41) is 18.9. The average Bonchev–Trinajstić information content (AvgIpc) is 3.31. The summed E-state index contributed by atoms with van der Waals surface area (Å²) in [6.07, 6.45) is 0. The minimum atomic E-state index is -0.828. The van der Waals surface area contributed by atoms with Crippen LogP contribution in [0.25, 0.3) is 17.3 Å². The first-order chi connectivity index (χ1) is 14.0. The minimum Gasteiger partial charge on any atom is -0.494 e. The lowest BCUT2D eigenvalue weighted by atomic mass is 10.1. The van der Waals surface area contributed by atoms with Gasteiger partial charge in [0.25, 0.3) is 0 Å². The smallest absolute Gasteiger partial charge is 0.239 e. The van der Waals surface area contributed by atoms with Crippen LogP contribution in [0.3, 0.4) is 0 Å². The summed E-state index contributed by atoms with van der Waals surface area (Å²) in [7, 11) is 3.18. The highest BCUT2D eigenvalue weighted by atomic mass is 32.2. The van der Waals surface area contributed by atoms with Crippen LogP contribution < -0.4 is 14.2 Å². The molecule has 0 bridgehead atoms. The molecule has 2 aromatic heterocycles. The third-order valence-electron chi connectivity index (χ3n) is 4.49. The Morgan fingerprint density at radius 2 is 1.90 bits per heavy atom. The van der Waals surface area contributed by atoms with Crippen molar-refractivity contribution < 1.29 is 23.7 Å². The van der Waals surface area contributed by atoms with E-state index in [2.05, 4.69) is 14.9 Å². The largest absolute Gasteiger partial charge is 0.494 e. The second-order valence-electron chi connectivity index (χ2n) is 6.71. The van der Waals surface area contributed by atoms with E-state index in [0.29, 0.717) is 53.7 Å². The first kappa shape index (κ1) is 19.6. The van der Waals surface area contributed by atoms with E-state index in [0.717, 1.165) is 5.76 Å². The lowest BCUT2D eigenvalue weighted by Gasteiger charge is -2.35. The van der Waals surface area contributed by atoms with Crippen LogP contribution >= 0.6 is 11.9 Å². The molecule has 154 valence electrons. The molecule has 1 saturated heterocycles. The monoisotopic (exact) mass is 418 g/mol. The first-order valence-electron chi connectivity index (χ1n) is 8.96. The van der Waals surface area contributed by atoms with Crippen molar-refractivity contribution >= 4 is 17.9 Å². The summed E-state index contributed by atoms with van der Waals surface area (Å²) < 4.78 is 27.0. The van der Waals surface area contributed by atoms with Crippen molar-refractivity contribution in [2.45, 2.75) is 12.5 Å². The Labute approximate surface area is 172 Å². The summed E-state index contributed by atoms with van der Waals surface area (Å²) in [5.41, 5.74) is -0.189. The number of benzene rings is 1. The van der Waals surface area contributed by atoms with Crippen LogP contribution in [0.15, 0.2) is 34.7 Å². The number of methoxy groups -OCH3 is 2. The van der Waals surface area contributed by atoms with Crippen LogP contribution in [-0.4, -0.2) is 58.7 Å². The van der Waals surface area contributed by atoms with E-state index < -0.39 is 5.60 Å². The zero-order chi connectivity index (χ0) is 20.4. The molecule has 0 saturated carbocycles. The van der Waals surface area contributed by atoms with Gasteiger partial charge in [-0.05, 0) is 43.1 Å². The van der Waals surface area contributed by atoms with Gasteiger partial charge in [0.2, 0.25) is 11.8 Å². The van der Waals surface area contributed by atoms with E-state index in [-0.39, 0.29) is 0 Å². The molecular weight excluding hydrogens is 396 g/mol. The summed E-state index contributed by atoms with van der Waals surface area (Å²) in [6.45, 7) is 2.52. The fraction of sp³-hybridized carbons (Fsp3) is 0.368. The van der Waals surface area contributed by atoms with Crippen molar-refractivity contribution in [3.63, 3.8) is 0 Å². The minimum absolute atomic E-state index is 0.325. The van der Waals surface area contributed by atoms with Crippen molar-refractivity contribution in [3.8, 4) is 28.8 Å². The molecule has 0 atom stereocenters. The molecule has 3 heterocycles. The Kier molecular flexibility index (Phi) is 5.39. The van der Waals surface area contributed by atoms with Gasteiger partial charge in [0.05, 0.1) is 27.4 Å². The Hall–Kier alpha value is -2.69. The van der Waals surface area contributed by atoms with Gasteiger partial charge in [-0.3, -0.25) is 9.29 Å². The zero-order valence-corrected chi connectivity index (χ0v) is 17.2. The summed E-state index contributed by atoms with van der Waals surface area (Å²) in [4.78, 5) is 0. The average molecular weight is 418 g/mol. The molecule has 1 aromatic carbocycles. The number of ether oxygens (including phenoxy) is 3. The van der Waals surface area contributed by atoms with Crippen LogP contribution in [-0.2, 0) is 4.74 Å². The van der Waals surface area contributed by atoms with Gasteiger partial charge in [-0.25, -0.2) is 0 Å². The molecule has 0 aliphatic carbocycles. The molecule has 3 aromatic rings. The van der Waals surface area contributed by atoms with Crippen LogP contribution in [0.1, 0.15) is 5.76 Å². The second kappa shape index (κ2) is 7.97. The lowest BCUT2D eigenvalue weighted by Crippen LogP contribution is -2.51. The molecule has 0 unspecified atom stereocenters. The molecule has 1 aliphatic heterocycles. The van der Waals surface area contributed by atoms with E-state index in [1.807, 2.05) is 37.3 Å². The van der Waals surface area contributed by atoms with E-state index in [1.54, 1.807) is 18.8 Å². The molecule has 1 aliphatic rings. The first-order valence-corrected chi connectivity index (χ1v) is 9.95. The molecule has 4 rings (SSSR count). The van der Waals surface area contributed by atoms with Crippen molar-refractivity contribution in [1.29, 1.82) is 0 Å². The Bertz CT molecular complexity index is 976. The maximum Gasteiger partial charge on any atom is 0.239 e. The number of furan rings is 1. The van der Waals surface area contributed by atoms with Crippen LogP contribution in [0.5, 0.6) is 11.5 Å². The molecule has 2 N–H and O–H groups in total. The van der Waals surface area contributed by atoms with Gasteiger partial charge < -0.3 is 23.7 Å². The number of aliphatic hydroxyl groups is 1. The number of rotatable bonds is 8. The number of nitrogens with zero attached hydrogens (tertiary/aromatic N) is 3. The van der Waals surface area contributed by atoms with Gasteiger partial charge in [-0.2, -0.15) is 0 Å². The Morgan fingerprint density at radius 3 is 2.45 bits per heavy atom. The summed E-state index contributed by atoms with van der Waals surface area (Å²) in [5.74, 6) is 3.89. The molecule has 9 nitrogen and oxygen atoms in total. The van der Waals surface area contributed by atoms with E-state index in [1.165, 1.54) is 11.9 Å². The van der Waals surface area contributed by atoms with Gasteiger partial charge in [-0.1, -0.05) is 6.07 Å². The van der Waals surface area contributed by atoms with Gasteiger partial charge in [-0.15, -0.1) is 10.2 Å². The molecule has 10 heteroatoms. The SMILES string of the molecule is COc1cccc(OC)c1-n1c(NSCC2(O)COC2)nnc1-c1ccc(C)o1. The fourth-order valence-electron chi connectivity index (χ4n) is 2.98. The molecule has 29 heavy (non-hydrogen) atoms. The maximum atomic E-state index is 10.2. The van der Waals surface area contributed by atoms with Gasteiger partial charge in [0.15, 0.2) is 5.76 Å². The predicted octanol–water partition coefficient (Wildman–Crippen LogP) is 2.67. The number of anilines is 1. The standard InChI is InChI=1S/C19H22N4O5S/c1-12-7-8-15(28-12)17-20-21-18(22-29-11-19(24)9-27-10-19)23(17)16-13(25-2)5-4-6-14(16)26-3/h4-8,24H,9-11H2,1-3H3,(H,21,22). The lowest BCUT2D eigenvalue weighted by molar-refractivity contribution is -0.162. The van der Waals surface area contributed by atoms with Gasteiger partial charge in [0, 0.05) is 5.75 Å². The highest BCUT2D eigenvalue weighted by molar-refractivity contribution is 8.00. The number of para-hydroxylation sites is 1. The number of hydrogen-bond donors (Lipinski definition) is 2. The molecule has 1 fully saturated rings. The molecule has 0 amide bonds. The Morgan fingerprint density at radius 1 is 1.17 bits per heavy atom. The number of aryl methyl sites for hydroxylation is 1. The van der Waals surface area contributed by atoms with Gasteiger partial charge in [0.1, 0.15) is 28.5 Å². The zero-order valence-electron chi connectivity index (χ0n) is 16.3. The normalized spacial score (nSPS) is 15.0. The Balaban J connectivity index is 1.76. The summed E-state index contributed by atoms with van der Waals surface area (Å²) in [6, 6.07) is 9.21. The molecule has 0 radical (unpaired) electrons. The van der Waals surface area contributed by atoms with Crippen molar-refractivity contribution in [3.05, 3.63) is 36.1 Å². The quantitative estimate of drug-likeness (QED) is 0.534. The summed E-state index contributed by atoms with van der Waals surface area (Å²) >= 11 is 1.32. The predicted molar refractivity (Wildman–Crippen MR) is 109 cm³/mol. The van der Waals surface area contributed by atoms with Crippen LogP contribution in [0.2, 0.25) is 0 Å². The second-order valence-corrected chi connectivity index (χ2v) is 7.49. The number of hydrogen-bond acceptors (Lipinski definition) is 9. The van der Waals surface area contributed by atoms with Crippen LogP contribution in [0, 0.1) is 6.92 Å². The van der Waals surface area contributed by atoms with E-state index in [9.17, 15) is 5.11 Å². The van der Waals surface area contributed by atoms with E-state index in [4.69, 9.17) is 18.6 Å². The fourth-order valence-corrected chi connectivity index (χ4v) is 3.75. The highest BCUT2D eigenvalue weighted by Crippen LogP contribution is 2.38.